The van der Waals surface area contributed by atoms with Crippen LogP contribution in [-0.4, -0.2) is 26.3 Å². The summed E-state index contributed by atoms with van der Waals surface area (Å²) in [5.74, 6) is -0.708. The molecule has 0 aliphatic rings. The molecule has 6 nitrogen and oxygen atoms in total. The molecule has 0 spiro atoms. The standard InChI is InChI=1S/C13H16Cl3N3O3/c1-12(2,3)18-11(13(14,15)16)17-10(20)8-6-4-5-7-9(8)19(21)22/h4-7,11,18H,1-3H3,(H,17,20)/t11-/m0/s1. The summed E-state index contributed by atoms with van der Waals surface area (Å²) in [6.07, 6.45) is -1.02. The molecule has 9 heteroatoms. The van der Waals surface area contributed by atoms with E-state index in [1.165, 1.54) is 24.3 Å². The molecule has 1 rings (SSSR count). The number of nitrogens with one attached hydrogen (secondary N) is 2. The lowest BCUT2D eigenvalue weighted by molar-refractivity contribution is -0.385. The summed E-state index contributed by atoms with van der Waals surface area (Å²) in [4.78, 5) is 22.6. The number of amides is 1. The lowest BCUT2D eigenvalue weighted by atomic mass is 10.1. The van der Waals surface area contributed by atoms with E-state index in [0.717, 1.165) is 0 Å². The molecule has 0 aliphatic carbocycles. The zero-order valence-corrected chi connectivity index (χ0v) is 14.5. The number of halogens is 3. The van der Waals surface area contributed by atoms with Crippen molar-refractivity contribution in [2.45, 2.75) is 36.3 Å². The van der Waals surface area contributed by atoms with Gasteiger partial charge in [0.15, 0.2) is 0 Å². The first-order chi connectivity index (χ1) is 9.92. The van der Waals surface area contributed by atoms with Crippen molar-refractivity contribution in [1.29, 1.82) is 0 Å². The molecule has 0 heterocycles. The van der Waals surface area contributed by atoms with Gasteiger partial charge >= 0.3 is 0 Å². The number of carbonyl (C=O) groups excluding carboxylic acids is 1. The second-order valence-electron chi connectivity index (χ2n) is 5.62. The van der Waals surface area contributed by atoms with E-state index in [9.17, 15) is 14.9 Å². The highest BCUT2D eigenvalue weighted by atomic mass is 35.6. The Morgan fingerprint density at radius 2 is 1.77 bits per heavy atom. The van der Waals surface area contributed by atoms with Crippen LogP contribution in [0.2, 0.25) is 0 Å². The highest BCUT2D eigenvalue weighted by molar-refractivity contribution is 6.68. The lowest BCUT2D eigenvalue weighted by Crippen LogP contribution is -2.58. The second kappa shape index (κ2) is 7.00. The van der Waals surface area contributed by atoms with Crippen LogP contribution in [0.4, 0.5) is 5.69 Å². The van der Waals surface area contributed by atoms with Gasteiger partial charge in [0.25, 0.3) is 11.6 Å². The topological polar surface area (TPSA) is 84.3 Å². The van der Waals surface area contributed by atoms with Gasteiger partial charge in [0.1, 0.15) is 11.7 Å². The number of rotatable bonds is 4. The molecular weight excluding hydrogens is 353 g/mol. The van der Waals surface area contributed by atoms with Crippen LogP contribution in [-0.2, 0) is 0 Å². The average molecular weight is 369 g/mol. The molecule has 1 aromatic rings. The van der Waals surface area contributed by atoms with Gasteiger partial charge in [-0.2, -0.15) is 0 Å². The van der Waals surface area contributed by atoms with Crippen molar-refractivity contribution < 1.29 is 9.72 Å². The first kappa shape index (κ1) is 19.0. The lowest BCUT2D eigenvalue weighted by Gasteiger charge is -2.33. The Hall–Kier alpha value is -1.08. The number of nitro groups is 1. The highest BCUT2D eigenvalue weighted by Gasteiger charge is 2.37. The summed E-state index contributed by atoms with van der Waals surface area (Å²) in [6.45, 7) is 5.48. The minimum absolute atomic E-state index is 0.109. The number of hydrogen-bond donors (Lipinski definition) is 2. The molecule has 22 heavy (non-hydrogen) atoms. The Morgan fingerprint density at radius 1 is 1.23 bits per heavy atom. The molecule has 0 saturated carbocycles. The summed E-state index contributed by atoms with van der Waals surface area (Å²) in [6, 6.07) is 5.55. The number of nitrogens with zero attached hydrogens (tertiary/aromatic N) is 1. The fourth-order valence-corrected chi connectivity index (χ4v) is 1.99. The summed E-state index contributed by atoms with van der Waals surface area (Å²) in [7, 11) is 0. The third kappa shape index (κ3) is 5.61. The highest BCUT2D eigenvalue weighted by Crippen LogP contribution is 2.30. The van der Waals surface area contributed by atoms with Gasteiger partial charge < -0.3 is 5.32 Å². The van der Waals surface area contributed by atoms with Crippen molar-refractivity contribution in [3.8, 4) is 0 Å². The van der Waals surface area contributed by atoms with Gasteiger partial charge in [-0.05, 0) is 26.8 Å². The van der Waals surface area contributed by atoms with Crippen LogP contribution in [0.1, 0.15) is 31.1 Å². The van der Waals surface area contributed by atoms with Crippen LogP contribution < -0.4 is 10.6 Å². The Labute approximate surface area is 143 Å². The zero-order valence-electron chi connectivity index (χ0n) is 12.2. The van der Waals surface area contributed by atoms with E-state index < -0.39 is 26.3 Å². The first-order valence-corrected chi connectivity index (χ1v) is 7.44. The number of carbonyl (C=O) groups is 1. The molecule has 0 aliphatic heterocycles. The molecule has 0 aromatic heterocycles. The molecular formula is C13H16Cl3N3O3. The average Bonchev–Trinajstić information content (AvgIpc) is 2.35. The summed E-state index contributed by atoms with van der Waals surface area (Å²) < 4.78 is -1.83. The van der Waals surface area contributed by atoms with Crippen LogP contribution in [0.5, 0.6) is 0 Å². The summed E-state index contributed by atoms with van der Waals surface area (Å²) in [5, 5.41) is 16.4. The minimum atomic E-state index is -1.83. The first-order valence-electron chi connectivity index (χ1n) is 6.30. The predicted molar refractivity (Wildman–Crippen MR) is 87.5 cm³/mol. The van der Waals surface area contributed by atoms with Crippen LogP contribution >= 0.6 is 34.8 Å². The molecule has 0 unspecified atom stereocenters. The van der Waals surface area contributed by atoms with Crippen molar-refractivity contribution in [1.82, 2.24) is 10.6 Å². The van der Waals surface area contributed by atoms with Gasteiger partial charge in [0.05, 0.1) is 4.92 Å². The van der Waals surface area contributed by atoms with Crippen LogP contribution in [0.15, 0.2) is 24.3 Å². The van der Waals surface area contributed by atoms with Crippen LogP contribution in [0.3, 0.4) is 0 Å². The number of benzene rings is 1. The van der Waals surface area contributed by atoms with E-state index in [4.69, 9.17) is 34.8 Å². The smallest absolute Gasteiger partial charge is 0.282 e. The molecule has 1 amide bonds. The summed E-state index contributed by atoms with van der Waals surface area (Å²) >= 11 is 17.6. The maximum atomic E-state index is 12.3. The van der Waals surface area contributed by atoms with Gasteiger partial charge in [-0.25, -0.2) is 0 Å². The third-order valence-corrected chi connectivity index (χ3v) is 3.18. The van der Waals surface area contributed by atoms with E-state index in [1.54, 1.807) is 0 Å². The van der Waals surface area contributed by atoms with Crippen LogP contribution in [0, 0.1) is 10.1 Å². The van der Waals surface area contributed by atoms with E-state index in [0.29, 0.717) is 0 Å². The quantitative estimate of drug-likeness (QED) is 0.369. The Kier molecular flexibility index (Phi) is 6.03. The van der Waals surface area contributed by atoms with Crippen molar-refractivity contribution in [2.24, 2.45) is 0 Å². The number of nitro benzene ring substituents is 1. The largest absolute Gasteiger partial charge is 0.332 e. The molecule has 1 aromatic carbocycles. The van der Waals surface area contributed by atoms with Gasteiger partial charge in [0, 0.05) is 11.6 Å². The fraction of sp³-hybridized carbons (Fsp3) is 0.462. The van der Waals surface area contributed by atoms with E-state index in [2.05, 4.69) is 10.6 Å². The third-order valence-electron chi connectivity index (χ3n) is 2.53. The van der Waals surface area contributed by atoms with Gasteiger partial charge in [-0.1, -0.05) is 46.9 Å². The maximum absolute atomic E-state index is 12.3. The number of para-hydroxylation sites is 1. The SMILES string of the molecule is CC(C)(C)N[C@H](NC(=O)c1ccccc1[N+](=O)[O-])C(Cl)(Cl)Cl. The normalized spacial score (nSPS) is 13.5. The van der Waals surface area contributed by atoms with Gasteiger partial charge in [0.2, 0.25) is 3.79 Å². The second-order valence-corrected chi connectivity index (χ2v) is 7.99. The molecule has 0 fully saturated rings. The van der Waals surface area contributed by atoms with Crippen molar-refractivity contribution in [3.05, 3.63) is 39.9 Å². The minimum Gasteiger partial charge on any atom is -0.332 e. The predicted octanol–water partition coefficient (Wildman–Crippen LogP) is 3.41. The van der Waals surface area contributed by atoms with Crippen molar-refractivity contribution in [2.75, 3.05) is 0 Å². The Morgan fingerprint density at radius 3 is 2.23 bits per heavy atom. The Bertz CT molecular complexity index is 568. The summed E-state index contributed by atoms with van der Waals surface area (Å²) in [5.41, 5.74) is -0.883. The fourth-order valence-electron chi connectivity index (χ4n) is 1.67. The van der Waals surface area contributed by atoms with Gasteiger partial charge in [-0.15, -0.1) is 0 Å². The Balaban J connectivity index is 3.05. The maximum Gasteiger partial charge on any atom is 0.282 e. The molecule has 2 N–H and O–H groups in total. The van der Waals surface area contributed by atoms with Crippen molar-refractivity contribution in [3.63, 3.8) is 0 Å². The van der Waals surface area contributed by atoms with E-state index in [-0.39, 0.29) is 11.3 Å². The van der Waals surface area contributed by atoms with Gasteiger partial charge in [-0.3, -0.25) is 20.2 Å². The molecule has 0 bridgehead atoms. The van der Waals surface area contributed by atoms with E-state index >= 15 is 0 Å². The molecule has 0 saturated heterocycles. The van der Waals surface area contributed by atoms with E-state index in [1.807, 2.05) is 20.8 Å². The van der Waals surface area contributed by atoms with Crippen LogP contribution in [0.25, 0.3) is 0 Å². The number of alkyl halides is 3. The van der Waals surface area contributed by atoms with Crippen molar-refractivity contribution >= 4 is 46.4 Å². The molecule has 1 atom stereocenters. The monoisotopic (exact) mass is 367 g/mol. The zero-order chi connectivity index (χ0) is 17.1. The molecule has 122 valence electrons. The molecule has 0 radical (unpaired) electrons. The number of hydrogen-bond acceptors (Lipinski definition) is 4.